The Labute approximate surface area is 71.6 Å². The number of rotatable bonds is 2. The number of nitrogens with zero attached hydrogens (tertiary/aromatic N) is 2. The first kappa shape index (κ1) is 9.04. The molecule has 1 aliphatic carbocycles. The summed E-state index contributed by atoms with van der Waals surface area (Å²) in [4.78, 5) is 29.2. The zero-order chi connectivity index (χ0) is 10.1. The molecule has 0 bridgehead atoms. The summed E-state index contributed by atoms with van der Waals surface area (Å²) >= 11 is 0. The lowest BCUT2D eigenvalue weighted by atomic mass is 10.0. The van der Waals surface area contributed by atoms with E-state index in [-0.39, 0.29) is 0 Å². The summed E-state index contributed by atoms with van der Waals surface area (Å²) in [7, 11) is 0. The molecule has 7 heteroatoms. The van der Waals surface area contributed by atoms with Crippen LogP contribution in [0.3, 0.4) is 0 Å². The van der Waals surface area contributed by atoms with Crippen LogP contribution in [0.2, 0.25) is 0 Å². The topological polar surface area (TPSA) is 103 Å². The average molecular weight is 184 g/mol. The molecule has 0 aromatic heterocycles. The normalized spacial score (nSPS) is 18.6. The molecule has 0 heterocycles. The summed E-state index contributed by atoms with van der Waals surface area (Å²) in [6, 6.07) is 0. The molecular weight excluding hydrogens is 180 g/mol. The van der Waals surface area contributed by atoms with Gasteiger partial charge in [-0.1, -0.05) is 0 Å². The molecule has 13 heavy (non-hydrogen) atoms. The standard InChI is InChI=1S/C6H4N2O5/c9-5-1-3-6(4-2-5,7(10)11)8(12)13/h1-4H. The molecular formula is C6H4N2O5. The molecule has 7 nitrogen and oxygen atoms in total. The van der Waals surface area contributed by atoms with Gasteiger partial charge in [-0.15, -0.1) is 0 Å². The molecule has 1 aliphatic rings. The van der Waals surface area contributed by atoms with Crippen molar-refractivity contribution in [1.29, 1.82) is 0 Å². The summed E-state index contributed by atoms with van der Waals surface area (Å²) in [6.07, 6.45) is 2.95. The third-order valence-electron chi connectivity index (χ3n) is 1.57. The van der Waals surface area contributed by atoms with E-state index in [1.165, 1.54) is 0 Å². The highest BCUT2D eigenvalue weighted by Gasteiger charge is 2.52. The first-order chi connectivity index (χ1) is 5.99. The van der Waals surface area contributed by atoms with Gasteiger partial charge in [0.05, 0.1) is 12.2 Å². The largest absolute Gasteiger partial charge is 0.497 e. The van der Waals surface area contributed by atoms with Gasteiger partial charge in [-0.3, -0.25) is 25.0 Å². The SMILES string of the molecule is O=C1C=CC([N+](=O)[O-])([N+](=O)[O-])C=C1. The fraction of sp³-hybridized carbons (Fsp3) is 0.167. The van der Waals surface area contributed by atoms with Crippen molar-refractivity contribution in [2.45, 2.75) is 5.66 Å². The van der Waals surface area contributed by atoms with Crippen LogP contribution < -0.4 is 0 Å². The van der Waals surface area contributed by atoms with E-state index in [4.69, 9.17) is 0 Å². The second kappa shape index (κ2) is 2.77. The summed E-state index contributed by atoms with van der Waals surface area (Å²) in [5, 5.41) is 20.7. The fourth-order valence-electron chi connectivity index (χ4n) is 0.831. The summed E-state index contributed by atoms with van der Waals surface area (Å²) in [6.45, 7) is 0. The Hall–Kier alpha value is -2.05. The van der Waals surface area contributed by atoms with E-state index in [1.807, 2.05) is 0 Å². The molecule has 68 valence electrons. The maximum atomic E-state index is 10.6. The van der Waals surface area contributed by atoms with E-state index in [1.54, 1.807) is 0 Å². The quantitative estimate of drug-likeness (QED) is 0.339. The molecule has 0 fully saturated rings. The minimum atomic E-state index is -2.48. The number of hydrogen-bond acceptors (Lipinski definition) is 5. The van der Waals surface area contributed by atoms with Crippen molar-refractivity contribution in [1.82, 2.24) is 0 Å². The van der Waals surface area contributed by atoms with Gasteiger partial charge in [0.2, 0.25) is 0 Å². The first-order valence-electron chi connectivity index (χ1n) is 3.20. The van der Waals surface area contributed by atoms with Gasteiger partial charge < -0.3 is 0 Å². The Balaban J connectivity index is 3.16. The molecule has 0 N–H and O–H groups in total. The number of carbonyl (C=O) groups is 1. The van der Waals surface area contributed by atoms with Crippen LogP contribution in [0.4, 0.5) is 0 Å². The molecule has 0 aliphatic heterocycles. The van der Waals surface area contributed by atoms with Crippen molar-refractivity contribution >= 4 is 5.78 Å². The third-order valence-corrected chi connectivity index (χ3v) is 1.57. The average Bonchev–Trinajstić information content (AvgIpc) is 2.04. The fourth-order valence-corrected chi connectivity index (χ4v) is 0.831. The van der Waals surface area contributed by atoms with E-state index in [0.29, 0.717) is 12.2 Å². The molecule has 0 spiro atoms. The highest BCUT2D eigenvalue weighted by atomic mass is 16.7. The monoisotopic (exact) mass is 184 g/mol. The molecule has 0 saturated carbocycles. The minimum absolute atomic E-state index is 0.501. The second-order valence-electron chi connectivity index (χ2n) is 2.37. The molecule has 0 aromatic rings. The van der Waals surface area contributed by atoms with Gasteiger partial charge in [-0.2, -0.15) is 0 Å². The van der Waals surface area contributed by atoms with Crippen LogP contribution in [0.1, 0.15) is 0 Å². The van der Waals surface area contributed by atoms with Crippen molar-refractivity contribution in [3.8, 4) is 0 Å². The number of nitro groups is 2. The zero-order valence-corrected chi connectivity index (χ0v) is 6.25. The molecule has 0 amide bonds. The summed E-state index contributed by atoms with van der Waals surface area (Å²) in [5.74, 6) is -0.501. The smallest absolute Gasteiger partial charge is 0.290 e. The zero-order valence-electron chi connectivity index (χ0n) is 6.25. The van der Waals surface area contributed by atoms with Crippen LogP contribution >= 0.6 is 0 Å². The van der Waals surface area contributed by atoms with Crippen LogP contribution in [0.5, 0.6) is 0 Å². The van der Waals surface area contributed by atoms with Crippen LogP contribution in [0, 0.1) is 20.2 Å². The van der Waals surface area contributed by atoms with E-state index >= 15 is 0 Å². The van der Waals surface area contributed by atoms with Gasteiger partial charge in [0.25, 0.3) is 0 Å². The lowest BCUT2D eigenvalue weighted by molar-refractivity contribution is -0.765. The maximum Gasteiger partial charge on any atom is 0.497 e. The molecule has 0 radical (unpaired) electrons. The Morgan fingerprint density at radius 3 is 1.77 bits per heavy atom. The van der Waals surface area contributed by atoms with Crippen LogP contribution in [0.25, 0.3) is 0 Å². The van der Waals surface area contributed by atoms with Gasteiger partial charge in [0, 0.05) is 0 Å². The van der Waals surface area contributed by atoms with Crippen LogP contribution in [-0.4, -0.2) is 21.3 Å². The molecule has 0 atom stereocenters. The van der Waals surface area contributed by atoms with Gasteiger partial charge in [0.1, 0.15) is 9.85 Å². The molecule has 0 saturated heterocycles. The second-order valence-corrected chi connectivity index (χ2v) is 2.37. The minimum Gasteiger partial charge on any atom is -0.290 e. The maximum absolute atomic E-state index is 10.6. The van der Waals surface area contributed by atoms with Crippen molar-refractivity contribution in [2.75, 3.05) is 0 Å². The van der Waals surface area contributed by atoms with Crippen molar-refractivity contribution < 1.29 is 14.6 Å². The van der Waals surface area contributed by atoms with E-state index in [9.17, 15) is 25.0 Å². The number of carbonyl (C=O) groups excluding carboxylic acids is 1. The van der Waals surface area contributed by atoms with E-state index in [2.05, 4.69) is 0 Å². The van der Waals surface area contributed by atoms with Crippen molar-refractivity contribution in [3.63, 3.8) is 0 Å². The number of hydrogen-bond donors (Lipinski definition) is 0. The summed E-state index contributed by atoms with van der Waals surface area (Å²) in [5.41, 5.74) is -2.48. The van der Waals surface area contributed by atoms with E-state index in [0.717, 1.165) is 12.2 Å². The Bertz CT molecular complexity index is 311. The Morgan fingerprint density at radius 2 is 1.46 bits per heavy atom. The van der Waals surface area contributed by atoms with Gasteiger partial charge in [-0.05, 0) is 12.2 Å². The van der Waals surface area contributed by atoms with Crippen LogP contribution in [0.15, 0.2) is 24.3 Å². The van der Waals surface area contributed by atoms with Crippen molar-refractivity contribution in [3.05, 3.63) is 44.5 Å². The van der Waals surface area contributed by atoms with Gasteiger partial charge >= 0.3 is 5.66 Å². The lowest BCUT2D eigenvalue weighted by Crippen LogP contribution is -2.43. The van der Waals surface area contributed by atoms with Gasteiger partial charge in [-0.25, -0.2) is 0 Å². The molecule has 1 rings (SSSR count). The van der Waals surface area contributed by atoms with Crippen molar-refractivity contribution in [2.24, 2.45) is 0 Å². The Morgan fingerprint density at radius 1 is 1.08 bits per heavy atom. The van der Waals surface area contributed by atoms with E-state index < -0.39 is 21.3 Å². The predicted octanol–water partition coefficient (Wildman–Crippen LogP) is -0.0688. The predicted molar refractivity (Wildman–Crippen MR) is 40.0 cm³/mol. The highest BCUT2D eigenvalue weighted by molar-refractivity contribution is 6.00. The third kappa shape index (κ3) is 1.31. The Kier molecular flexibility index (Phi) is 1.93. The first-order valence-corrected chi connectivity index (χ1v) is 3.20. The van der Waals surface area contributed by atoms with Gasteiger partial charge in [0.15, 0.2) is 5.78 Å². The number of allylic oxidation sites excluding steroid dienone is 2. The number of ketones is 1. The highest BCUT2D eigenvalue weighted by Crippen LogP contribution is 2.18. The molecule has 0 unspecified atom stereocenters. The van der Waals surface area contributed by atoms with Crippen LogP contribution in [-0.2, 0) is 4.79 Å². The summed E-state index contributed by atoms with van der Waals surface area (Å²) < 4.78 is 0. The molecule has 0 aromatic carbocycles. The lowest BCUT2D eigenvalue weighted by Gasteiger charge is -2.10.